The third-order valence-electron chi connectivity index (χ3n) is 0.987. The van der Waals surface area contributed by atoms with Crippen LogP contribution in [0.4, 0.5) is 5.13 Å². The van der Waals surface area contributed by atoms with Crippen molar-refractivity contribution in [1.29, 1.82) is 0 Å². The highest BCUT2D eigenvalue weighted by Gasteiger charge is 2.01. The predicted molar refractivity (Wildman–Crippen MR) is 53.4 cm³/mol. The van der Waals surface area contributed by atoms with E-state index in [1.165, 1.54) is 11.3 Å². The molecule has 0 aromatic carbocycles. The molecule has 0 spiro atoms. The molecule has 68 valence electrons. The lowest BCUT2D eigenvalue weighted by Crippen LogP contribution is -2.12. The molecule has 1 N–H and O–H groups in total. The van der Waals surface area contributed by atoms with Crippen molar-refractivity contribution in [3.8, 4) is 0 Å². The van der Waals surface area contributed by atoms with Crippen LogP contribution in [-0.2, 0) is 4.79 Å². The molecule has 0 aliphatic heterocycles. The number of aromatic nitrogens is 1. The number of hydrogen-bond donors (Lipinski definition) is 1. The second-order valence-electron chi connectivity index (χ2n) is 1.98. The number of rotatable bonds is 2. The first-order valence-corrected chi connectivity index (χ1v) is 4.41. The molecular formula is C6H8Cl2N2OS. The van der Waals surface area contributed by atoms with Crippen molar-refractivity contribution in [3.63, 3.8) is 0 Å². The van der Waals surface area contributed by atoms with E-state index in [9.17, 15) is 4.79 Å². The fraction of sp³-hybridized carbons (Fsp3) is 0.333. The van der Waals surface area contributed by atoms with Crippen molar-refractivity contribution < 1.29 is 4.79 Å². The molecule has 0 unspecified atom stereocenters. The predicted octanol–water partition coefficient (Wildman–Crippen LogP) is 2.05. The minimum Gasteiger partial charge on any atom is -0.301 e. The zero-order valence-electron chi connectivity index (χ0n) is 6.33. The zero-order chi connectivity index (χ0) is 8.27. The molecule has 0 radical (unpaired) electrons. The fourth-order valence-corrected chi connectivity index (χ4v) is 1.34. The number of nitrogens with one attached hydrogen (secondary N) is 1. The molecule has 0 aliphatic rings. The topological polar surface area (TPSA) is 42.0 Å². The summed E-state index contributed by atoms with van der Waals surface area (Å²) in [7, 11) is 0. The summed E-state index contributed by atoms with van der Waals surface area (Å²) >= 11 is 6.67. The molecule has 0 fully saturated rings. The van der Waals surface area contributed by atoms with E-state index in [0.717, 1.165) is 5.69 Å². The van der Waals surface area contributed by atoms with E-state index in [2.05, 4.69) is 10.3 Å². The number of thiazole rings is 1. The summed E-state index contributed by atoms with van der Waals surface area (Å²) in [4.78, 5) is 14.7. The maximum atomic E-state index is 10.7. The normalized spacial score (nSPS) is 8.83. The number of amides is 1. The lowest BCUT2D eigenvalue weighted by Gasteiger charge is -1.94. The molecule has 0 bridgehead atoms. The molecule has 1 heterocycles. The van der Waals surface area contributed by atoms with Gasteiger partial charge in [0, 0.05) is 5.38 Å². The summed E-state index contributed by atoms with van der Waals surface area (Å²) in [6.45, 7) is 1.87. The van der Waals surface area contributed by atoms with Gasteiger partial charge in [-0.15, -0.1) is 35.3 Å². The smallest absolute Gasteiger partial charge is 0.241 e. The van der Waals surface area contributed by atoms with Gasteiger partial charge < -0.3 is 5.32 Å². The Hall–Kier alpha value is -0.320. The minimum absolute atomic E-state index is 0. The average molecular weight is 227 g/mol. The Labute approximate surface area is 85.6 Å². The van der Waals surface area contributed by atoms with Gasteiger partial charge in [-0.05, 0) is 6.92 Å². The maximum absolute atomic E-state index is 10.7. The van der Waals surface area contributed by atoms with Crippen molar-refractivity contribution in [2.75, 3.05) is 11.2 Å². The van der Waals surface area contributed by atoms with E-state index >= 15 is 0 Å². The molecule has 1 rings (SSSR count). The van der Waals surface area contributed by atoms with Gasteiger partial charge in [-0.1, -0.05) is 0 Å². The van der Waals surface area contributed by atoms with Gasteiger partial charge in [0.05, 0.1) is 5.69 Å². The molecular weight excluding hydrogens is 219 g/mol. The number of carbonyl (C=O) groups excluding carboxylic acids is 1. The highest BCUT2D eigenvalue weighted by Crippen LogP contribution is 2.13. The molecule has 0 saturated heterocycles. The Kier molecular flexibility index (Phi) is 5.20. The van der Waals surface area contributed by atoms with Crippen LogP contribution >= 0.6 is 35.3 Å². The molecule has 0 aliphatic carbocycles. The molecule has 0 saturated carbocycles. The van der Waals surface area contributed by atoms with Gasteiger partial charge in [0.25, 0.3) is 0 Å². The number of anilines is 1. The number of halogens is 2. The fourth-order valence-electron chi connectivity index (χ4n) is 0.564. The van der Waals surface area contributed by atoms with Crippen LogP contribution in [0.3, 0.4) is 0 Å². The third-order valence-corrected chi connectivity index (χ3v) is 2.11. The van der Waals surface area contributed by atoms with Crippen LogP contribution in [0.25, 0.3) is 0 Å². The van der Waals surface area contributed by atoms with E-state index in [1.54, 1.807) is 0 Å². The van der Waals surface area contributed by atoms with Gasteiger partial charge in [-0.25, -0.2) is 4.98 Å². The van der Waals surface area contributed by atoms with E-state index in [1.807, 2.05) is 12.3 Å². The Morgan fingerprint density at radius 3 is 2.92 bits per heavy atom. The number of aryl methyl sites for hydroxylation is 1. The largest absolute Gasteiger partial charge is 0.301 e. The highest BCUT2D eigenvalue weighted by atomic mass is 35.5. The van der Waals surface area contributed by atoms with Crippen molar-refractivity contribution >= 4 is 46.4 Å². The van der Waals surface area contributed by atoms with Crippen molar-refractivity contribution in [2.24, 2.45) is 0 Å². The van der Waals surface area contributed by atoms with Gasteiger partial charge >= 0.3 is 0 Å². The molecule has 1 aromatic heterocycles. The minimum atomic E-state index is -0.221. The quantitative estimate of drug-likeness (QED) is 0.785. The van der Waals surface area contributed by atoms with Crippen LogP contribution in [0.5, 0.6) is 0 Å². The van der Waals surface area contributed by atoms with Crippen molar-refractivity contribution in [1.82, 2.24) is 4.98 Å². The molecule has 12 heavy (non-hydrogen) atoms. The van der Waals surface area contributed by atoms with Crippen molar-refractivity contribution in [2.45, 2.75) is 6.92 Å². The van der Waals surface area contributed by atoms with Crippen molar-refractivity contribution in [3.05, 3.63) is 11.1 Å². The molecule has 6 heteroatoms. The highest BCUT2D eigenvalue weighted by molar-refractivity contribution is 7.13. The van der Waals surface area contributed by atoms with Crippen LogP contribution in [0.1, 0.15) is 5.69 Å². The summed E-state index contributed by atoms with van der Waals surface area (Å²) in [6.07, 6.45) is 0. The number of alkyl halides is 1. The van der Waals surface area contributed by atoms with Crippen LogP contribution < -0.4 is 5.32 Å². The molecule has 1 amide bonds. The Balaban J connectivity index is 0.00000121. The van der Waals surface area contributed by atoms with E-state index in [0.29, 0.717) is 5.13 Å². The molecule has 0 atom stereocenters. The van der Waals surface area contributed by atoms with Gasteiger partial charge in [0.2, 0.25) is 5.91 Å². The second-order valence-corrected chi connectivity index (χ2v) is 3.10. The number of carbonyl (C=O) groups is 1. The lowest BCUT2D eigenvalue weighted by molar-refractivity contribution is -0.113. The van der Waals surface area contributed by atoms with E-state index in [-0.39, 0.29) is 24.2 Å². The summed E-state index contributed by atoms with van der Waals surface area (Å²) in [6, 6.07) is 0. The van der Waals surface area contributed by atoms with Gasteiger partial charge in [-0.2, -0.15) is 0 Å². The first kappa shape index (κ1) is 11.7. The SMILES string of the molecule is Cc1csc(NC(=O)CCl)n1.Cl. The molecule has 1 aromatic rings. The average Bonchev–Trinajstić information content (AvgIpc) is 2.35. The second kappa shape index (κ2) is 5.35. The summed E-state index contributed by atoms with van der Waals surface area (Å²) in [5.41, 5.74) is 0.903. The van der Waals surface area contributed by atoms with Crippen LogP contribution in [0, 0.1) is 6.92 Å². The number of hydrogen-bond acceptors (Lipinski definition) is 3. The van der Waals surface area contributed by atoms with Gasteiger partial charge in [-0.3, -0.25) is 4.79 Å². The summed E-state index contributed by atoms with van der Waals surface area (Å²) in [5.74, 6) is -0.250. The Morgan fingerprint density at radius 1 is 1.83 bits per heavy atom. The lowest BCUT2D eigenvalue weighted by atomic mass is 10.6. The van der Waals surface area contributed by atoms with E-state index in [4.69, 9.17) is 11.6 Å². The van der Waals surface area contributed by atoms with Crippen LogP contribution in [0.2, 0.25) is 0 Å². The van der Waals surface area contributed by atoms with Crippen LogP contribution in [-0.4, -0.2) is 16.8 Å². The first-order chi connectivity index (χ1) is 5.22. The summed E-state index contributed by atoms with van der Waals surface area (Å²) in [5, 5.41) is 5.02. The van der Waals surface area contributed by atoms with Gasteiger partial charge in [0.15, 0.2) is 5.13 Å². The third kappa shape index (κ3) is 3.38. The summed E-state index contributed by atoms with van der Waals surface area (Å²) < 4.78 is 0. The standard InChI is InChI=1S/C6H7ClN2OS.ClH/c1-4-3-11-6(8-4)9-5(10)2-7;/h3H,2H2,1H3,(H,8,9,10);1H. The van der Waals surface area contributed by atoms with Crippen LogP contribution in [0.15, 0.2) is 5.38 Å². The monoisotopic (exact) mass is 226 g/mol. The Bertz CT molecular complexity index is 264. The Morgan fingerprint density at radius 2 is 2.50 bits per heavy atom. The molecule has 3 nitrogen and oxygen atoms in total. The maximum Gasteiger partial charge on any atom is 0.241 e. The number of nitrogens with zero attached hydrogens (tertiary/aromatic N) is 1. The first-order valence-electron chi connectivity index (χ1n) is 3.00. The van der Waals surface area contributed by atoms with E-state index < -0.39 is 0 Å². The van der Waals surface area contributed by atoms with Gasteiger partial charge in [0.1, 0.15) is 5.88 Å². The zero-order valence-corrected chi connectivity index (χ0v) is 8.72.